The molecule has 0 aliphatic carbocycles. The number of hydrogen-bond donors (Lipinski definition) is 0. The first-order chi connectivity index (χ1) is 6.42. The van der Waals surface area contributed by atoms with Crippen molar-refractivity contribution in [2.45, 2.75) is 45.9 Å². The Morgan fingerprint density at radius 3 is 2.29 bits per heavy atom. The molecule has 0 amide bonds. The summed E-state index contributed by atoms with van der Waals surface area (Å²) in [5.41, 5.74) is -0.177. The van der Waals surface area contributed by atoms with E-state index >= 15 is 0 Å². The lowest BCUT2D eigenvalue weighted by Gasteiger charge is -2.23. The summed E-state index contributed by atoms with van der Waals surface area (Å²) < 4.78 is 22.5. The van der Waals surface area contributed by atoms with Crippen LogP contribution in [0.4, 0.5) is 0 Å². The van der Waals surface area contributed by atoms with Gasteiger partial charge in [-0.05, 0) is 13.8 Å². The summed E-state index contributed by atoms with van der Waals surface area (Å²) in [5.74, 6) is 0. The second kappa shape index (κ2) is 6.19. The van der Waals surface area contributed by atoms with Crippen molar-refractivity contribution in [2.75, 3.05) is 6.61 Å². The van der Waals surface area contributed by atoms with E-state index in [1.54, 1.807) is 13.8 Å². The molecule has 0 aromatic carbocycles. The van der Waals surface area contributed by atoms with Crippen LogP contribution >= 0.6 is 7.60 Å². The molecule has 0 spiro atoms. The fourth-order valence-corrected chi connectivity index (χ4v) is 2.35. The first-order valence-corrected chi connectivity index (χ1v) is 6.33. The van der Waals surface area contributed by atoms with Gasteiger partial charge in [-0.25, -0.2) is 0 Å². The Balaban J connectivity index is 4.27. The molecule has 0 rings (SSSR count). The van der Waals surface area contributed by atoms with Gasteiger partial charge in [-0.1, -0.05) is 13.8 Å². The van der Waals surface area contributed by atoms with Crippen molar-refractivity contribution >= 4 is 7.60 Å². The second-order valence-corrected chi connectivity index (χ2v) is 6.11. The van der Waals surface area contributed by atoms with Crippen LogP contribution in [0.5, 0.6) is 0 Å². The normalized spacial score (nSPS) is 15.5. The van der Waals surface area contributed by atoms with Crippen LogP contribution in [0.15, 0.2) is 0 Å². The molecule has 0 radical (unpaired) electrons. The van der Waals surface area contributed by atoms with Crippen molar-refractivity contribution in [3.8, 4) is 6.07 Å². The molecule has 14 heavy (non-hydrogen) atoms. The van der Waals surface area contributed by atoms with Crippen LogP contribution in [-0.2, 0) is 13.6 Å². The Bertz CT molecular complexity index is 245. The number of nitrogens with zero attached hydrogens (tertiary/aromatic N) is 1. The third kappa shape index (κ3) is 4.76. The highest BCUT2D eigenvalue weighted by atomic mass is 31.2. The van der Waals surface area contributed by atoms with E-state index in [2.05, 4.69) is 0 Å². The van der Waals surface area contributed by atoms with Crippen molar-refractivity contribution in [2.24, 2.45) is 0 Å². The molecule has 82 valence electrons. The highest BCUT2D eigenvalue weighted by Gasteiger charge is 2.30. The van der Waals surface area contributed by atoms with Gasteiger partial charge in [-0.2, -0.15) is 5.26 Å². The highest BCUT2D eigenvalue weighted by molar-refractivity contribution is 7.54. The molecule has 0 aliphatic rings. The Hall–Kier alpha value is -0.360. The zero-order valence-corrected chi connectivity index (χ0v) is 10.1. The van der Waals surface area contributed by atoms with Crippen LogP contribution in [0.1, 0.15) is 34.1 Å². The summed E-state index contributed by atoms with van der Waals surface area (Å²) in [7, 11) is -3.03. The van der Waals surface area contributed by atoms with E-state index in [0.29, 0.717) is 0 Å². The number of nitriles is 1. The fourth-order valence-electron chi connectivity index (χ4n) is 0.814. The SMILES string of the molecule is CC(C)OP(=O)(OCCC#N)C(C)C. The summed E-state index contributed by atoms with van der Waals surface area (Å²) in [5, 5.41) is 8.32. The average molecular weight is 219 g/mol. The summed E-state index contributed by atoms with van der Waals surface area (Å²) in [6.07, 6.45) is 0.100. The van der Waals surface area contributed by atoms with Crippen molar-refractivity contribution in [3.63, 3.8) is 0 Å². The summed E-state index contributed by atoms with van der Waals surface area (Å²) in [6.45, 7) is 7.36. The first kappa shape index (κ1) is 13.6. The minimum atomic E-state index is -3.03. The molecular formula is C9H18NO3P. The van der Waals surface area contributed by atoms with Crippen LogP contribution in [0.2, 0.25) is 0 Å². The number of hydrogen-bond acceptors (Lipinski definition) is 4. The van der Waals surface area contributed by atoms with Gasteiger partial charge in [0, 0.05) is 0 Å². The molecule has 0 aromatic rings. The topological polar surface area (TPSA) is 59.3 Å². The summed E-state index contributed by atoms with van der Waals surface area (Å²) >= 11 is 0. The Morgan fingerprint density at radius 2 is 1.93 bits per heavy atom. The van der Waals surface area contributed by atoms with Gasteiger partial charge >= 0.3 is 7.60 Å². The lowest BCUT2D eigenvalue weighted by molar-refractivity contribution is 0.166. The Morgan fingerprint density at radius 1 is 1.36 bits per heavy atom. The zero-order chi connectivity index (χ0) is 11.2. The Labute approximate surface area is 85.7 Å². The zero-order valence-electron chi connectivity index (χ0n) is 9.19. The summed E-state index contributed by atoms with van der Waals surface area (Å²) in [4.78, 5) is 0. The summed E-state index contributed by atoms with van der Waals surface area (Å²) in [6, 6.07) is 1.93. The van der Waals surface area contributed by atoms with Crippen LogP contribution < -0.4 is 0 Å². The van der Waals surface area contributed by atoms with Gasteiger partial charge in [0.2, 0.25) is 0 Å². The maximum absolute atomic E-state index is 12.0. The van der Waals surface area contributed by atoms with Crippen LogP contribution in [0.25, 0.3) is 0 Å². The quantitative estimate of drug-likeness (QED) is 0.509. The lowest BCUT2D eigenvalue weighted by Crippen LogP contribution is -2.11. The van der Waals surface area contributed by atoms with Gasteiger partial charge in [0.15, 0.2) is 0 Å². The lowest BCUT2D eigenvalue weighted by atomic mass is 10.5. The molecule has 0 fully saturated rings. The third-order valence-corrected chi connectivity index (χ3v) is 4.00. The van der Waals surface area contributed by atoms with Crippen molar-refractivity contribution < 1.29 is 13.6 Å². The van der Waals surface area contributed by atoms with Crippen LogP contribution in [0, 0.1) is 11.3 Å². The molecule has 0 saturated carbocycles. The predicted octanol–water partition coefficient (Wildman–Crippen LogP) is 2.94. The molecule has 0 N–H and O–H groups in total. The van der Waals surface area contributed by atoms with Gasteiger partial charge in [0.25, 0.3) is 0 Å². The number of rotatable bonds is 6. The molecule has 1 atom stereocenters. The first-order valence-electron chi connectivity index (χ1n) is 4.72. The minimum absolute atomic E-state index is 0.134. The van der Waals surface area contributed by atoms with E-state index in [1.807, 2.05) is 19.9 Å². The van der Waals surface area contributed by atoms with Crippen LogP contribution in [0.3, 0.4) is 0 Å². The molecule has 0 aromatic heterocycles. The van der Waals surface area contributed by atoms with E-state index in [9.17, 15) is 4.57 Å². The molecule has 1 unspecified atom stereocenters. The molecule has 0 heterocycles. The van der Waals surface area contributed by atoms with Gasteiger partial charge in [0.1, 0.15) is 0 Å². The monoisotopic (exact) mass is 219 g/mol. The third-order valence-electron chi connectivity index (χ3n) is 1.48. The minimum Gasteiger partial charge on any atom is -0.307 e. The standard InChI is InChI=1S/C9H18NO3P/c1-8(2)13-14(11,9(3)4)12-7-5-6-10/h8-9H,5,7H2,1-4H3. The Kier molecular flexibility index (Phi) is 6.03. The average Bonchev–Trinajstić information content (AvgIpc) is 2.03. The van der Waals surface area contributed by atoms with E-state index < -0.39 is 7.60 Å². The van der Waals surface area contributed by atoms with E-state index in [0.717, 1.165) is 0 Å². The largest absolute Gasteiger partial charge is 0.333 e. The maximum Gasteiger partial charge on any atom is 0.333 e. The highest BCUT2D eigenvalue weighted by Crippen LogP contribution is 2.53. The fraction of sp³-hybridized carbons (Fsp3) is 0.889. The molecular weight excluding hydrogens is 201 g/mol. The van der Waals surface area contributed by atoms with E-state index in [1.165, 1.54) is 0 Å². The molecule has 4 nitrogen and oxygen atoms in total. The van der Waals surface area contributed by atoms with Crippen molar-refractivity contribution in [3.05, 3.63) is 0 Å². The van der Waals surface area contributed by atoms with Gasteiger partial charge in [-0.15, -0.1) is 0 Å². The van der Waals surface area contributed by atoms with Gasteiger partial charge < -0.3 is 9.05 Å². The van der Waals surface area contributed by atoms with Gasteiger partial charge in [0.05, 0.1) is 30.9 Å². The second-order valence-electron chi connectivity index (χ2n) is 3.53. The predicted molar refractivity (Wildman–Crippen MR) is 55.1 cm³/mol. The van der Waals surface area contributed by atoms with E-state index in [-0.39, 0.29) is 24.8 Å². The molecule has 0 saturated heterocycles. The molecule has 5 heteroatoms. The van der Waals surface area contributed by atoms with E-state index in [4.69, 9.17) is 14.3 Å². The molecule has 0 bridgehead atoms. The smallest absolute Gasteiger partial charge is 0.307 e. The van der Waals surface area contributed by atoms with Crippen LogP contribution in [-0.4, -0.2) is 18.4 Å². The molecule has 0 aliphatic heterocycles. The van der Waals surface area contributed by atoms with Crippen molar-refractivity contribution in [1.29, 1.82) is 5.26 Å². The van der Waals surface area contributed by atoms with Crippen molar-refractivity contribution in [1.82, 2.24) is 0 Å². The maximum atomic E-state index is 12.0. The van der Waals surface area contributed by atoms with Gasteiger partial charge in [-0.3, -0.25) is 4.57 Å².